The lowest BCUT2D eigenvalue weighted by atomic mass is 9.65. The first kappa shape index (κ1) is 111. The Morgan fingerprint density at radius 3 is 0.797 bits per heavy atom. The summed E-state index contributed by atoms with van der Waals surface area (Å²) in [6.07, 6.45) is -95.4. The molecule has 12 nitrogen and oxygen atoms in total. The molecule has 0 aromatic rings. The van der Waals surface area contributed by atoms with E-state index in [1.54, 1.807) is 0 Å². The summed E-state index contributed by atoms with van der Waals surface area (Å²) in [5.74, 6) is -16.6. The van der Waals surface area contributed by atoms with Gasteiger partial charge in [-0.3, -0.25) is 4.79 Å². The summed E-state index contributed by atoms with van der Waals surface area (Å²) in [5, 5.41) is 56.2. The van der Waals surface area contributed by atoms with E-state index in [2.05, 4.69) is 27.4 Å². The molecule has 12 atom stereocenters. The second-order valence-corrected chi connectivity index (χ2v) is 29.3. The second-order valence-electron chi connectivity index (χ2n) is 29.3. The van der Waals surface area contributed by atoms with Gasteiger partial charge in [0.25, 0.3) is 33.6 Å². The van der Waals surface area contributed by atoms with Gasteiger partial charge >= 0.3 is 98.4 Å². The largest absolute Gasteiger partial charge is 0.499 e. The zero-order valence-electron chi connectivity index (χ0n) is 61.2. The molecule has 6 rings (SSSR count). The van der Waals surface area contributed by atoms with E-state index in [0.717, 1.165) is 34.0 Å². The molecule has 6 aliphatic carbocycles. The van der Waals surface area contributed by atoms with E-state index < -0.39 is 248 Å². The maximum absolute atomic E-state index is 13.2. The van der Waals surface area contributed by atoms with Crippen LogP contribution in [-0.4, -0.2) is 195 Å². The summed E-state index contributed by atoms with van der Waals surface area (Å²) in [5.41, 5.74) is -35.5. The maximum Gasteiger partial charge on any atom is 0.426 e. The molecule has 6 fully saturated rings. The number of fused-ring (bicyclic) bond motifs is 4. The average molecular weight is 1840 g/mol. The van der Waals surface area contributed by atoms with Gasteiger partial charge in [-0.05, 0) is 152 Å². The number of hydrogen-bond acceptors (Lipinski definition) is 12. The smallest absolute Gasteiger partial charge is 0.426 e. The van der Waals surface area contributed by atoms with Gasteiger partial charge < -0.3 is 49.6 Å². The summed E-state index contributed by atoms with van der Waals surface area (Å²) in [7, 11) is 1.81. The lowest BCUT2D eigenvalue weighted by Gasteiger charge is -2.48. The molecule has 0 aliphatic heterocycles. The van der Waals surface area contributed by atoms with E-state index in [9.17, 15) is 214 Å². The van der Waals surface area contributed by atoms with E-state index >= 15 is 0 Å². The molecule has 6 saturated carbocycles. The topological polar surface area (TPSA) is 192 Å². The van der Waals surface area contributed by atoms with Crippen molar-refractivity contribution in [3.8, 4) is 0 Å². The average Bonchev–Trinajstić information content (AvgIpc) is 0.914. The molecule has 12 unspecified atom stereocenters. The van der Waals surface area contributed by atoms with Crippen LogP contribution < -0.4 is 0 Å². The van der Waals surface area contributed by atoms with Crippen LogP contribution in [0.2, 0.25) is 0 Å². The van der Waals surface area contributed by atoms with Crippen molar-refractivity contribution in [1.29, 1.82) is 0 Å². The van der Waals surface area contributed by atoms with E-state index in [1.165, 1.54) is 20.8 Å². The number of carbonyl (C=O) groups is 2. The third kappa shape index (κ3) is 24.1. The molecule has 54 heteroatoms. The third-order valence-corrected chi connectivity index (χ3v) is 21.9. The highest BCUT2D eigenvalue weighted by Gasteiger charge is 2.81. The predicted octanol–water partition coefficient (Wildman–Crippen LogP) is 20.7. The molecule has 0 spiro atoms. The van der Waals surface area contributed by atoms with Crippen molar-refractivity contribution < 1.29 is 244 Å². The molecular formula is C64H78F42O12. The normalized spacial score (nSPS) is 25.9. The highest BCUT2D eigenvalue weighted by Crippen LogP contribution is 2.63. The van der Waals surface area contributed by atoms with Crippen LogP contribution in [0.5, 0.6) is 0 Å². The molecule has 6 N–H and O–H groups in total. The summed E-state index contributed by atoms with van der Waals surface area (Å²) < 4.78 is 554. The number of carbonyl (C=O) groups excluding carboxylic acids is 2. The Morgan fingerprint density at radius 2 is 0.644 bits per heavy atom. The number of esters is 2. The molecule has 4 bridgehead atoms. The van der Waals surface area contributed by atoms with Gasteiger partial charge in [-0.1, -0.05) is 39.8 Å². The lowest BCUT2D eigenvalue weighted by molar-refractivity contribution is -0.407. The molecule has 700 valence electrons. The zero-order chi connectivity index (χ0) is 94.0. The van der Waals surface area contributed by atoms with Crippen molar-refractivity contribution in [1.82, 2.24) is 0 Å². The van der Waals surface area contributed by atoms with Crippen molar-refractivity contribution in [2.45, 2.75) is 282 Å². The number of halogens is 42. The fourth-order valence-corrected chi connectivity index (χ4v) is 14.9. The fraction of sp³-hybridized carbons (Fsp3) is 0.906. The van der Waals surface area contributed by atoms with Crippen molar-refractivity contribution >= 4 is 11.9 Å². The minimum Gasteiger partial charge on any atom is -0.499 e. The lowest BCUT2D eigenvalue weighted by Crippen LogP contribution is -2.67. The third-order valence-electron chi connectivity index (χ3n) is 21.9. The quantitative estimate of drug-likeness (QED) is 0.0371. The Labute approximate surface area is 640 Å². The first-order chi connectivity index (χ1) is 52.0. The molecular weight excluding hydrogens is 1760 g/mol. The first-order valence-corrected chi connectivity index (χ1v) is 34.0. The minimum atomic E-state index is -6.49. The summed E-state index contributed by atoms with van der Waals surface area (Å²) >= 11 is 0. The monoisotopic (exact) mass is 1840 g/mol. The number of alkyl halides is 42. The number of hydrogen-bond donors (Lipinski definition) is 6. The second kappa shape index (κ2) is 37.4. The number of methoxy groups -OCH3 is 2. The Bertz CT molecular complexity index is 2960. The van der Waals surface area contributed by atoms with Crippen LogP contribution in [-0.2, 0) is 28.5 Å². The summed E-state index contributed by atoms with van der Waals surface area (Å²) in [6, 6.07) is 0. The zero-order valence-corrected chi connectivity index (χ0v) is 61.2. The Hall–Kier alpha value is -5.00. The van der Waals surface area contributed by atoms with Crippen molar-refractivity contribution in [2.75, 3.05) is 14.2 Å². The minimum absolute atomic E-state index is 0.0808. The highest BCUT2D eigenvalue weighted by atomic mass is 19.5. The van der Waals surface area contributed by atoms with E-state index in [1.807, 2.05) is 0 Å². The fourth-order valence-electron chi connectivity index (χ4n) is 14.9. The maximum atomic E-state index is 13.2. The molecule has 0 amide bonds. The van der Waals surface area contributed by atoms with Gasteiger partial charge in [0.15, 0.2) is 5.41 Å². The van der Waals surface area contributed by atoms with E-state index in [4.69, 9.17) is 14.9 Å². The molecule has 0 heterocycles. The van der Waals surface area contributed by atoms with Crippen molar-refractivity contribution in [2.24, 2.45) is 64.6 Å². The SMILES string of the molecule is C=C(C(=O)OC)C(F)(F)F.C=COC1CC(C(O)(C(F)(F)F)C(F)(F)F)CC(C(O)(C(F)(F)F)C(F)(F)F)C1.CCC(C)(C(=O)OC)C(F)(F)F.CCC(C)OC1CC(C(O)(C(F)(F)F)C(F)(F)F)CC(C(O)(C(F)(F)F)C(F)(F)F)C1.OC(CC1CC2CCC1C2)(C(F)(F)F)C(F)(F)F.OC(CC1CC2CCC1C2)(C(F)(F)F)C(F)(F)F. The Kier molecular flexibility index (Phi) is 35.2. The number of ether oxygens (including phenoxy) is 4. The first-order valence-electron chi connectivity index (χ1n) is 34.0. The van der Waals surface area contributed by atoms with E-state index in [-0.39, 0.29) is 36.5 Å². The van der Waals surface area contributed by atoms with Gasteiger partial charge in [-0.2, -0.15) is 184 Å². The van der Waals surface area contributed by atoms with Crippen LogP contribution >= 0.6 is 0 Å². The van der Waals surface area contributed by atoms with Crippen LogP contribution in [0.15, 0.2) is 25.0 Å². The van der Waals surface area contributed by atoms with Crippen LogP contribution in [0.25, 0.3) is 0 Å². The molecule has 0 aromatic carbocycles. The molecule has 118 heavy (non-hydrogen) atoms. The van der Waals surface area contributed by atoms with Gasteiger partial charge in [0.1, 0.15) is 5.57 Å². The summed E-state index contributed by atoms with van der Waals surface area (Å²) in [6.45, 7) is 10.2. The molecule has 6 aliphatic rings. The molecule has 0 aromatic heterocycles. The van der Waals surface area contributed by atoms with Crippen molar-refractivity contribution in [3.63, 3.8) is 0 Å². The summed E-state index contributed by atoms with van der Waals surface area (Å²) in [4.78, 5) is 20.9. The number of aliphatic hydroxyl groups is 6. The van der Waals surface area contributed by atoms with Gasteiger partial charge in [-0.25, -0.2) is 4.79 Å². The van der Waals surface area contributed by atoms with Crippen LogP contribution in [0.1, 0.15) is 143 Å². The van der Waals surface area contributed by atoms with Gasteiger partial charge in [0.05, 0.1) is 38.8 Å². The Morgan fingerprint density at radius 1 is 0.381 bits per heavy atom. The number of rotatable bonds is 16. The van der Waals surface area contributed by atoms with Crippen molar-refractivity contribution in [3.05, 3.63) is 25.0 Å². The van der Waals surface area contributed by atoms with Crippen LogP contribution in [0.3, 0.4) is 0 Å². The molecule has 0 saturated heterocycles. The molecule has 0 radical (unpaired) electrons. The highest BCUT2D eigenvalue weighted by molar-refractivity contribution is 5.89. The Balaban J connectivity index is 0.000000737. The van der Waals surface area contributed by atoms with Gasteiger partial charge in [0, 0.05) is 23.7 Å². The predicted molar refractivity (Wildman–Crippen MR) is 315 cm³/mol. The standard InChI is InChI=1S/C16H20F12O3.C14H14F12O3.2C11H14F6O.C7H11F3O2.C5H5F3O2/c1-3-7(2)31-10-5-8(11(29,13(17,18)19)14(20,21)22)4-9(6-10)12(30,15(23,24)25)16(26,27)28;1-2-29-8-4-6(9(27,11(15,16)17)12(18,19)20)3-7(5-8)10(28,13(21,22)23)14(24,25)26;2*12-10(13,14)9(18,11(15,16)17)5-8-4-6-1-2-7(8)3-6;1-4-6(2,5(11)12-3)7(8,9)10;1-3(4(9)10-2)5(6,7)8/h7-10,29-30H,3-6H2,1-2H3;2,6-8,27-28H,1,3-5H2;2*6-8,18H,1-5H2;4H2,1-3H3;1H2,2H3. The van der Waals surface area contributed by atoms with Gasteiger partial charge in [-0.15, -0.1) is 0 Å². The van der Waals surface area contributed by atoms with E-state index in [0.29, 0.717) is 44.8 Å². The van der Waals surface area contributed by atoms with Gasteiger partial charge in [0.2, 0.25) is 0 Å². The van der Waals surface area contributed by atoms with Crippen LogP contribution in [0.4, 0.5) is 184 Å². The van der Waals surface area contributed by atoms with Crippen LogP contribution in [0, 0.1) is 64.6 Å².